The highest BCUT2D eigenvalue weighted by Crippen LogP contribution is 2.25. The summed E-state index contributed by atoms with van der Waals surface area (Å²) in [6.07, 6.45) is 2.58. The van der Waals surface area contributed by atoms with Crippen LogP contribution in [0.1, 0.15) is 30.4 Å². The Kier molecular flexibility index (Phi) is 2.79. The van der Waals surface area contributed by atoms with Gasteiger partial charge in [-0.2, -0.15) is 0 Å². The van der Waals surface area contributed by atoms with Crippen LogP contribution in [0.15, 0.2) is 0 Å². The van der Waals surface area contributed by atoms with Gasteiger partial charge in [-0.3, -0.25) is 0 Å². The number of hydrogen-bond acceptors (Lipinski definition) is 4. The number of rotatable bonds is 3. The molecule has 0 aromatic carbocycles. The van der Waals surface area contributed by atoms with E-state index in [1.165, 1.54) is 0 Å². The van der Waals surface area contributed by atoms with E-state index in [1.54, 1.807) is 0 Å². The molecule has 1 atom stereocenters. The highest BCUT2D eigenvalue weighted by Gasteiger charge is 2.23. The fourth-order valence-electron chi connectivity index (χ4n) is 1.98. The van der Waals surface area contributed by atoms with E-state index >= 15 is 0 Å². The number of nitrogens with zero attached hydrogens (tertiary/aromatic N) is 3. The summed E-state index contributed by atoms with van der Waals surface area (Å²) in [4.78, 5) is 0. The van der Waals surface area contributed by atoms with Crippen LogP contribution in [0.5, 0.6) is 0 Å². The standard InChI is InChI=1S/C9H15N3O2/c13-5-3-8-10-11-9-7(6-14)2-1-4-12(8)9/h7,13-14H,1-6H2. The second-order valence-corrected chi connectivity index (χ2v) is 3.62. The molecule has 0 bridgehead atoms. The summed E-state index contributed by atoms with van der Waals surface area (Å²) in [5.41, 5.74) is 0. The average Bonchev–Trinajstić information content (AvgIpc) is 2.62. The third-order valence-corrected chi connectivity index (χ3v) is 2.71. The van der Waals surface area contributed by atoms with Crippen LogP contribution in [-0.2, 0) is 13.0 Å². The van der Waals surface area contributed by atoms with Crippen molar-refractivity contribution in [3.63, 3.8) is 0 Å². The van der Waals surface area contributed by atoms with Crippen molar-refractivity contribution >= 4 is 0 Å². The molecule has 1 aliphatic rings. The molecule has 1 aromatic heterocycles. The predicted molar refractivity (Wildman–Crippen MR) is 49.9 cm³/mol. The summed E-state index contributed by atoms with van der Waals surface area (Å²) in [6.45, 7) is 1.15. The Morgan fingerprint density at radius 1 is 1.36 bits per heavy atom. The van der Waals surface area contributed by atoms with Gasteiger partial charge in [-0.05, 0) is 12.8 Å². The van der Waals surface area contributed by atoms with Gasteiger partial charge in [-0.15, -0.1) is 10.2 Å². The molecule has 5 heteroatoms. The van der Waals surface area contributed by atoms with Crippen LogP contribution in [0.2, 0.25) is 0 Å². The maximum atomic E-state index is 9.15. The maximum Gasteiger partial charge on any atom is 0.138 e. The first-order valence-corrected chi connectivity index (χ1v) is 5.00. The Balaban J connectivity index is 2.28. The Bertz CT molecular complexity index is 311. The molecule has 1 unspecified atom stereocenters. The third kappa shape index (κ3) is 1.53. The van der Waals surface area contributed by atoms with Crippen molar-refractivity contribution in [1.29, 1.82) is 0 Å². The Hall–Kier alpha value is -0.940. The van der Waals surface area contributed by atoms with Crippen LogP contribution >= 0.6 is 0 Å². The smallest absolute Gasteiger partial charge is 0.138 e. The molecule has 0 saturated heterocycles. The van der Waals surface area contributed by atoms with Crippen molar-refractivity contribution in [2.24, 2.45) is 0 Å². The Labute approximate surface area is 82.4 Å². The topological polar surface area (TPSA) is 71.2 Å². The van der Waals surface area contributed by atoms with E-state index < -0.39 is 0 Å². The first-order chi connectivity index (χ1) is 6.86. The number of aliphatic hydroxyl groups is 2. The van der Waals surface area contributed by atoms with Crippen LogP contribution < -0.4 is 0 Å². The summed E-state index contributed by atoms with van der Waals surface area (Å²) >= 11 is 0. The molecule has 14 heavy (non-hydrogen) atoms. The molecule has 0 fully saturated rings. The molecule has 2 rings (SSSR count). The first-order valence-electron chi connectivity index (χ1n) is 5.00. The highest BCUT2D eigenvalue weighted by atomic mass is 16.3. The van der Waals surface area contributed by atoms with Crippen LogP contribution in [0.3, 0.4) is 0 Å². The number of hydrogen-bond donors (Lipinski definition) is 2. The molecule has 78 valence electrons. The van der Waals surface area contributed by atoms with E-state index in [0.29, 0.717) is 6.42 Å². The monoisotopic (exact) mass is 197 g/mol. The van der Waals surface area contributed by atoms with Gasteiger partial charge in [0.1, 0.15) is 11.6 Å². The first kappa shape index (κ1) is 9.61. The van der Waals surface area contributed by atoms with E-state index in [-0.39, 0.29) is 19.1 Å². The molecule has 0 radical (unpaired) electrons. The second-order valence-electron chi connectivity index (χ2n) is 3.62. The van der Waals surface area contributed by atoms with Gasteiger partial charge in [0, 0.05) is 18.9 Å². The lowest BCUT2D eigenvalue weighted by Crippen LogP contribution is -2.20. The van der Waals surface area contributed by atoms with Gasteiger partial charge in [0.25, 0.3) is 0 Å². The molecular formula is C9H15N3O2. The maximum absolute atomic E-state index is 9.15. The Morgan fingerprint density at radius 3 is 2.93 bits per heavy atom. The summed E-state index contributed by atoms with van der Waals surface area (Å²) < 4.78 is 2.03. The highest BCUT2D eigenvalue weighted by molar-refractivity contribution is 5.05. The van der Waals surface area contributed by atoms with Crippen molar-refractivity contribution in [3.8, 4) is 0 Å². The van der Waals surface area contributed by atoms with Gasteiger partial charge in [-0.25, -0.2) is 0 Å². The SMILES string of the molecule is OCCc1nnc2n1CCCC2CO. The minimum atomic E-state index is 0.0991. The second kappa shape index (κ2) is 4.06. The van der Waals surface area contributed by atoms with Gasteiger partial charge in [0.15, 0.2) is 0 Å². The van der Waals surface area contributed by atoms with Crippen LogP contribution in [0.4, 0.5) is 0 Å². The van der Waals surface area contributed by atoms with E-state index in [1.807, 2.05) is 4.57 Å². The van der Waals surface area contributed by atoms with Gasteiger partial charge in [-0.1, -0.05) is 0 Å². The minimum absolute atomic E-state index is 0.0991. The van der Waals surface area contributed by atoms with Crippen LogP contribution in [0, 0.1) is 0 Å². The zero-order valence-electron chi connectivity index (χ0n) is 8.06. The number of aromatic nitrogens is 3. The fraction of sp³-hybridized carbons (Fsp3) is 0.778. The van der Waals surface area contributed by atoms with E-state index in [9.17, 15) is 0 Å². The molecule has 1 aromatic rings. The molecule has 2 N–H and O–H groups in total. The zero-order valence-corrected chi connectivity index (χ0v) is 8.06. The lowest BCUT2D eigenvalue weighted by Gasteiger charge is -2.21. The molecule has 0 amide bonds. The number of fused-ring (bicyclic) bond motifs is 1. The summed E-state index contributed by atoms with van der Waals surface area (Å²) in [6, 6.07) is 0. The van der Waals surface area contributed by atoms with Gasteiger partial charge >= 0.3 is 0 Å². The largest absolute Gasteiger partial charge is 0.396 e. The van der Waals surface area contributed by atoms with Crippen molar-refractivity contribution in [2.75, 3.05) is 13.2 Å². The molecule has 1 aliphatic heterocycles. The lowest BCUT2D eigenvalue weighted by atomic mass is 10.00. The lowest BCUT2D eigenvalue weighted by molar-refractivity contribution is 0.236. The van der Waals surface area contributed by atoms with Gasteiger partial charge in [0.2, 0.25) is 0 Å². The summed E-state index contributed by atoms with van der Waals surface area (Å²) in [5, 5.41) is 26.1. The minimum Gasteiger partial charge on any atom is -0.396 e. The molecule has 0 aliphatic carbocycles. The summed E-state index contributed by atoms with van der Waals surface area (Å²) in [7, 11) is 0. The van der Waals surface area contributed by atoms with Gasteiger partial charge < -0.3 is 14.8 Å². The molecule has 0 spiro atoms. The average molecular weight is 197 g/mol. The summed E-state index contributed by atoms with van der Waals surface area (Å²) in [5.74, 6) is 1.84. The Morgan fingerprint density at radius 2 is 2.21 bits per heavy atom. The molecular weight excluding hydrogens is 182 g/mol. The quantitative estimate of drug-likeness (QED) is 0.697. The van der Waals surface area contributed by atoms with Crippen LogP contribution in [0.25, 0.3) is 0 Å². The third-order valence-electron chi connectivity index (χ3n) is 2.71. The fourth-order valence-corrected chi connectivity index (χ4v) is 1.98. The molecule has 0 saturated carbocycles. The van der Waals surface area contributed by atoms with Crippen molar-refractivity contribution in [2.45, 2.75) is 31.7 Å². The molecule has 5 nitrogen and oxygen atoms in total. The van der Waals surface area contributed by atoms with E-state index in [0.717, 1.165) is 31.0 Å². The van der Waals surface area contributed by atoms with Crippen molar-refractivity contribution in [3.05, 3.63) is 11.6 Å². The number of aliphatic hydroxyl groups excluding tert-OH is 2. The molecule has 2 heterocycles. The normalized spacial score (nSPS) is 20.9. The van der Waals surface area contributed by atoms with Crippen LogP contribution in [-0.4, -0.2) is 38.2 Å². The zero-order chi connectivity index (χ0) is 9.97. The van der Waals surface area contributed by atoms with Crippen molar-refractivity contribution < 1.29 is 10.2 Å². The predicted octanol–water partition coefficient (Wildman–Crippen LogP) is -0.317. The van der Waals surface area contributed by atoms with Crippen molar-refractivity contribution in [1.82, 2.24) is 14.8 Å². The van der Waals surface area contributed by atoms with E-state index in [4.69, 9.17) is 10.2 Å². The van der Waals surface area contributed by atoms with Gasteiger partial charge in [0.05, 0.1) is 13.2 Å². The van der Waals surface area contributed by atoms with E-state index in [2.05, 4.69) is 10.2 Å².